The lowest BCUT2D eigenvalue weighted by molar-refractivity contribution is -0.114. The molecule has 1 unspecified atom stereocenters. The molecule has 1 aromatic heterocycles. The van der Waals surface area contributed by atoms with Gasteiger partial charge in [-0.1, -0.05) is 42.5 Å². The summed E-state index contributed by atoms with van der Waals surface area (Å²) < 4.78 is 32.6. The second-order valence-corrected chi connectivity index (χ2v) is 8.96. The smallest absolute Gasteiger partial charge is 0.272 e. The van der Waals surface area contributed by atoms with Crippen LogP contribution in [0, 0.1) is 0 Å². The van der Waals surface area contributed by atoms with Crippen LogP contribution in [-0.4, -0.2) is 48.5 Å². The number of nitrogens with one attached hydrogen (secondary N) is 1. The zero-order valence-electron chi connectivity index (χ0n) is 14.5. The molecule has 0 radical (unpaired) electrons. The van der Waals surface area contributed by atoms with E-state index in [1.54, 1.807) is 0 Å². The van der Waals surface area contributed by atoms with E-state index < -0.39 is 10.0 Å². The van der Waals surface area contributed by atoms with Gasteiger partial charge in [-0.3, -0.25) is 4.79 Å². The summed E-state index contributed by atoms with van der Waals surface area (Å²) in [7, 11) is -3.78. The minimum absolute atomic E-state index is 0.136. The van der Waals surface area contributed by atoms with Gasteiger partial charge in [-0.25, -0.2) is 8.42 Å². The summed E-state index contributed by atoms with van der Waals surface area (Å²) in [5.74, 6) is -0.327. The highest BCUT2D eigenvalue weighted by atomic mass is 32.2. The molecule has 1 amide bonds. The van der Waals surface area contributed by atoms with E-state index in [2.05, 4.69) is 22.4 Å². The topological polar surface area (TPSA) is 101 Å². The molecular weight excluding hydrogens is 376 g/mol. The van der Waals surface area contributed by atoms with E-state index in [1.165, 1.54) is 16.8 Å². The van der Waals surface area contributed by atoms with Crippen LogP contribution < -0.4 is 5.32 Å². The van der Waals surface area contributed by atoms with Crippen LogP contribution in [0.25, 0.3) is 0 Å². The average molecular weight is 396 g/mol. The number of amides is 1. The minimum atomic E-state index is -3.78. The maximum atomic E-state index is 12.8. The van der Waals surface area contributed by atoms with Crippen molar-refractivity contribution in [1.82, 2.24) is 14.5 Å². The third kappa shape index (κ3) is 4.09. The Morgan fingerprint density at radius 2 is 2.08 bits per heavy atom. The Morgan fingerprint density at radius 1 is 1.35 bits per heavy atom. The zero-order chi connectivity index (χ0) is 18.7. The van der Waals surface area contributed by atoms with Crippen molar-refractivity contribution in [3.63, 3.8) is 0 Å². The van der Waals surface area contributed by atoms with E-state index in [-0.39, 0.29) is 34.6 Å². The molecule has 10 heteroatoms. The van der Waals surface area contributed by atoms with Gasteiger partial charge in [-0.15, -0.1) is 10.2 Å². The lowest BCUT2D eigenvalue weighted by atomic mass is 10.1. The molecule has 1 N–H and O–H groups in total. The van der Waals surface area contributed by atoms with Gasteiger partial charge in [0, 0.05) is 20.0 Å². The summed E-state index contributed by atoms with van der Waals surface area (Å²) in [6.07, 6.45) is 0.618. The number of benzene rings is 1. The predicted octanol–water partition coefficient (Wildman–Crippen LogP) is 1.82. The fourth-order valence-corrected chi connectivity index (χ4v) is 5.15. The number of nitrogens with zero attached hydrogens (tertiary/aromatic N) is 3. The molecule has 1 aliphatic heterocycles. The highest BCUT2D eigenvalue weighted by molar-refractivity contribution is 7.91. The largest absolute Gasteiger partial charge is 0.371 e. The summed E-state index contributed by atoms with van der Waals surface area (Å²) in [4.78, 5) is 11.1. The highest BCUT2D eigenvalue weighted by Crippen LogP contribution is 2.29. The molecule has 8 nitrogen and oxygen atoms in total. The molecular formula is C16H20N4O4S2. The van der Waals surface area contributed by atoms with Crippen LogP contribution in [0.1, 0.15) is 31.1 Å². The molecule has 2 aromatic rings. The number of anilines is 1. The Balaban J connectivity index is 1.77. The Kier molecular flexibility index (Phi) is 5.66. The minimum Gasteiger partial charge on any atom is -0.371 e. The van der Waals surface area contributed by atoms with Crippen molar-refractivity contribution >= 4 is 32.4 Å². The van der Waals surface area contributed by atoms with Gasteiger partial charge in [0.2, 0.25) is 15.4 Å². The van der Waals surface area contributed by atoms with Gasteiger partial charge >= 0.3 is 0 Å². The standard InChI is InChI=1S/C16H20N4O4S2/c1-3-12-4-6-13(7-5-12)14-10-20(8-9-24-14)26(22,23)16-19-18-15(25-16)17-11(2)21/h4-7,14H,3,8-10H2,1-2H3,(H,17,18,21). The molecule has 26 heavy (non-hydrogen) atoms. The quantitative estimate of drug-likeness (QED) is 0.774. The number of hydrogen-bond donors (Lipinski definition) is 1. The summed E-state index contributed by atoms with van der Waals surface area (Å²) >= 11 is 0.839. The maximum absolute atomic E-state index is 12.8. The summed E-state index contributed by atoms with van der Waals surface area (Å²) in [6, 6.07) is 7.99. The van der Waals surface area contributed by atoms with Crippen molar-refractivity contribution in [2.75, 3.05) is 25.0 Å². The number of carbonyl (C=O) groups excluding carboxylic acids is 1. The summed E-state index contributed by atoms with van der Waals surface area (Å²) in [5.41, 5.74) is 2.16. The Hall–Kier alpha value is -1.88. The fraction of sp³-hybridized carbons (Fsp3) is 0.438. The number of morpholine rings is 1. The molecule has 1 fully saturated rings. The average Bonchev–Trinajstić information content (AvgIpc) is 3.10. The fourth-order valence-electron chi connectivity index (χ4n) is 2.64. The molecule has 1 aliphatic rings. The van der Waals surface area contributed by atoms with E-state index >= 15 is 0 Å². The zero-order valence-corrected chi connectivity index (χ0v) is 16.1. The first-order valence-corrected chi connectivity index (χ1v) is 10.5. The Labute approximate surface area is 156 Å². The van der Waals surface area contributed by atoms with E-state index in [1.807, 2.05) is 24.3 Å². The number of carbonyl (C=O) groups is 1. The monoisotopic (exact) mass is 396 g/mol. The van der Waals surface area contributed by atoms with Gasteiger partial charge in [0.25, 0.3) is 10.0 Å². The van der Waals surface area contributed by atoms with Gasteiger partial charge in [0.1, 0.15) is 0 Å². The van der Waals surface area contributed by atoms with Crippen molar-refractivity contribution in [2.45, 2.75) is 30.7 Å². The van der Waals surface area contributed by atoms with E-state index in [4.69, 9.17) is 4.74 Å². The van der Waals surface area contributed by atoms with Crippen molar-refractivity contribution in [3.8, 4) is 0 Å². The number of rotatable bonds is 5. The van der Waals surface area contributed by atoms with Gasteiger partial charge in [-0.2, -0.15) is 4.31 Å². The number of aryl methyl sites for hydroxylation is 1. The lowest BCUT2D eigenvalue weighted by Crippen LogP contribution is -2.42. The lowest BCUT2D eigenvalue weighted by Gasteiger charge is -2.31. The van der Waals surface area contributed by atoms with Crippen molar-refractivity contribution in [2.24, 2.45) is 0 Å². The van der Waals surface area contributed by atoms with Crippen LogP contribution in [0.4, 0.5) is 5.13 Å². The van der Waals surface area contributed by atoms with Crippen LogP contribution in [0.5, 0.6) is 0 Å². The van der Waals surface area contributed by atoms with Crippen molar-refractivity contribution < 1.29 is 17.9 Å². The third-order valence-electron chi connectivity index (χ3n) is 4.04. The third-order valence-corrected chi connectivity index (χ3v) is 7.09. The van der Waals surface area contributed by atoms with Crippen LogP contribution in [0.2, 0.25) is 0 Å². The molecule has 0 bridgehead atoms. The van der Waals surface area contributed by atoms with E-state index in [0.29, 0.717) is 6.61 Å². The number of sulfonamides is 1. The van der Waals surface area contributed by atoms with Gasteiger partial charge < -0.3 is 10.1 Å². The molecule has 3 rings (SSSR count). The van der Waals surface area contributed by atoms with Gasteiger partial charge in [0.05, 0.1) is 12.7 Å². The van der Waals surface area contributed by atoms with Gasteiger partial charge in [-0.05, 0) is 17.5 Å². The predicted molar refractivity (Wildman–Crippen MR) is 97.5 cm³/mol. The maximum Gasteiger partial charge on any atom is 0.272 e. The normalized spacial score (nSPS) is 18.6. The molecule has 0 saturated carbocycles. The first-order chi connectivity index (χ1) is 12.4. The molecule has 0 aliphatic carbocycles. The van der Waals surface area contributed by atoms with Crippen LogP contribution in [0.3, 0.4) is 0 Å². The van der Waals surface area contributed by atoms with Gasteiger partial charge in [0.15, 0.2) is 0 Å². The molecule has 0 spiro atoms. The number of ether oxygens (including phenoxy) is 1. The highest BCUT2D eigenvalue weighted by Gasteiger charge is 2.34. The Morgan fingerprint density at radius 3 is 2.73 bits per heavy atom. The molecule has 2 heterocycles. The molecule has 1 saturated heterocycles. The molecule has 1 aromatic carbocycles. The van der Waals surface area contributed by atoms with E-state index in [9.17, 15) is 13.2 Å². The van der Waals surface area contributed by atoms with Crippen LogP contribution in [0.15, 0.2) is 28.6 Å². The molecule has 140 valence electrons. The SMILES string of the molecule is CCc1ccc(C2CN(S(=O)(=O)c3nnc(NC(C)=O)s3)CCO2)cc1. The number of hydrogen-bond acceptors (Lipinski definition) is 7. The van der Waals surface area contributed by atoms with E-state index in [0.717, 1.165) is 23.3 Å². The Bertz CT molecular complexity index is 880. The first kappa shape index (κ1) is 18.9. The van der Waals surface area contributed by atoms with Crippen LogP contribution >= 0.6 is 11.3 Å². The summed E-state index contributed by atoms with van der Waals surface area (Å²) in [6.45, 7) is 4.17. The van der Waals surface area contributed by atoms with Crippen molar-refractivity contribution in [3.05, 3.63) is 35.4 Å². The summed E-state index contributed by atoms with van der Waals surface area (Å²) in [5, 5.41) is 10.0. The first-order valence-electron chi connectivity index (χ1n) is 8.22. The van der Waals surface area contributed by atoms with Crippen molar-refractivity contribution in [1.29, 1.82) is 0 Å². The second-order valence-electron chi connectivity index (χ2n) is 5.87. The van der Waals surface area contributed by atoms with Crippen LogP contribution in [-0.2, 0) is 26.0 Å². The second kappa shape index (κ2) is 7.78. The number of aromatic nitrogens is 2. The molecule has 1 atom stereocenters.